The minimum Gasteiger partial charge on any atom is -0.474 e. The van der Waals surface area contributed by atoms with E-state index in [0.29, 0.717) is 5.88 Å². The molecule has 0 bridgehead atoms. The number of hydrogen-bond donors (Lipinski definition) is 1. The quantitative estimate of drug-likeness (QED) is 0.809. The molecule has 0 aromatic carbocycles. The van der Waals surface area contributed by atoms with Gasteiger partial charge in [-0.05, 0) is 26.3 Å². The van der Waals surface area contributed by atoms with E-state index in [1.165, 1.54) is 0 Å². The first-order valence-corrected chi connectivity index (χ1v) is 5.52. The van der Waals surface area contributed by atoms with Crippen LogP contribution in [0.25, 0.3) is 0 Å². The Labute approximate surface area is 91.7 Å². The SMILES string of the molecule is CCCC(C)Oc1ncccc1[C@@H](C)N. The van der Waals surface area contributed by atoms with Crippen LogP contribution in [0.15, 0.2) is 18.3 Å². The summed E-state index contributed by atoms with van der Waals surface area (Å²) in [5, 5.41) is 0. The number of nitrogens with two attached hydrogens (primary N) is 1. The van der Waals surface area contributed by atoms with Crippen molar-refractivity contribution in [2.75, 3.05) is 0 Å². The predicted octanol–water partition coefficient (Wildman–Crippen LogP) is 2.67. The van der Waals surface area contributed by atoms with Crippen molar-refractivity contribution in [3.05, 3.63) is 23.9 Å². The fourth-order valence-electron chi connectivity index (χ4n) is 1.50. The molecule has 84 valence electrons. The van der Waals surface area contributed by atoms with E-state index >= 15 is 0 Å². The van der Waals surface area contributed by atoms with E-state index in [-0.39, 0.29) is 12.1 Å². The Morgan fingerprint density at radius 3 is 2.80 bits per heavy atom. The first kappa shape index (κ1) is 12.0. The molecule has 0 saturated heterocycles. The van der Waals surface area contributed by atoms with E-state index in [4.69, 9.17) is 10.5 Å². The summed E-state index contributed by atoms with van der Waals surface area (Å²) in [5.41, 5.74) is 6.82. The van der Waals surface area contributed by atoms with E-state index < -0.39 is 0 Å². The third-order valence-corrected chi connectivity index (χ3v) is 2.30. The molecular formula is C12H20N2O. The number of aromatic nitrogens is 1. The standard InChI is InChI=1S/C12H20N2O/c1-4-6-9(2)15-12-11(10(3)13)7-5-8-14-12/h5,7-10H,4,6,13H2,1-3H3/t9?,10-/m1/s1. The van der Waals surface area contributed by atoms with E-state index in [0.717, 1.165) is 18.4 Å². The molecule has 0 spiro atoms. The molecule has 0 fully saturated rings. The Bertz CT molecular complexity index is 299. The maximum atomic E-state index is 5.84. The van der Waals surface area contributed by atoms with Gasteiger partial charge in [0, 0.05) is 17.8 Å². The smallest absolute Gasteiger partial charge is 0.218 e. The lowest BCUT2D eigenvalue weighted by Gasteiger charge is -2.17. The van der Waals surface area contributed by atoms with Gasteiger partial charge < -0.3 is 10.5 Å². The average molecular weight is 208 g/mol. The Morgan fingerprint density at radius 2 is 2.20 bits per heavy atom. The second-order valence-corrected chi connectivity index (χ2v) is 3.90. The number of ether oxygens (including phenoxy) is 1. The van der Waals surface area contributed by atoms with Crippen molar-refractivity contribution in [3.63, 3.8) is 0 Å². The zero-order valence-corrected chi connectivity index (χ0v) is 9.73. The number of nitrogens with zero attached hydrogens (tertiary/aromatic N) is 1. The molecule has 1 heterocycles. The molecule has 1 unspecified atom stereocenters. The van der Waals surface area contributed by atoms with Gasteiger partial charge in [0.15, 0.2) is 0 Å². The summed E-state index contributed by atoms with van der Waals surface area (Å²) in [5.74, 6) is 0.674. The Hall–Kier alpha value is -1.09. The lowest BCUT2D eigenvalue weighted by Crippen LogP contribution is -2.15. The first-order valence-electron chi connectivity index (χ1n) is 5.52. The third kappa shape index (κ3) is 3.51. The summed E-state index contributed by atoms with van der Waals surface area (Å²) >= 11 is 0. The maximum Gasteiger partial charge on any atom is 0.218 e. The Kier molecular flexibility index (Phi) is 4.56. The topological polar surface area (TPSA) is 48.1 Å². The van der Waals surface area contributed by atoms with Crippen LogP contribution in [-0.2, 0) is 0 Å². The summed E-state index contributed by atoms with van der Waals surface area (Å²) in [7, 11) is 0. The molecule has 2 atom stereocenters. The molecule has 1 rings (SSSR count). The molecule has 0 amide bonds. The van der Waals surface area contributed by atoms with Gasteiger partial charge in [0.25, 0.3) is 0 Å². The van der Waals surface area contributed by atoms with Crippen molar-refractivity contribution in [3.8, 4) is 5.88 Å². The molecule has 0 aliphatic heterocycles. The van der Waals surface area contributed by atoms with Crippen LogP contribution in [0.2, 0.25) is 0 Å². The summed E-state index contributed by atoms with van der Waals surface area (Å²) in [6, 6.07) is 3.81. The molecular weight excluding hydrogens is 188 g/mol. The van der Waals surface area contributed by atoms with Crippen molar-refractivity contribution < 1.29 is 4.74 Å². The lowest BCUT2D eigenvalue weighted by atomic mass is 10.1. The van der Waals surface area contributed by atoms with Crippen LogP contribution >= 0.6 is 0 Å². The van der Waals surface area contributed by atoms with Gasteiger partial charge in [-0.15, -0.1) is 0 Å². The van der Waals surface area contributed by atoms with E-state index in [2.05, 4.69) is 18.8 Å². The predicted molar refractivity (Wildman–Crippen MR) is 61.8 cm³/mol. The fraction of sp³-hybridized carbons (Fsp3) is 0.583. The van der Waals surface area contributed by atoms with Crippen LogP contribution < -0.4 is 10.5 Å². The molecule has 0 radical (unpaired) electrons. The van der Waals surface area contributed by atoms with Crippen LogP contribution in [0.5, 0.6) is 5.88 Å². The summed E-state index contributed by atoms with van der Waals surface area (Å²) < 4.78 is 5.76. The lowest BCUT2D eigenvalue weighted by molar-refractivity contribution is 0.198. The van der Waals surface area contributed by atoms with Crippen molar-refractivity contribution in [1.29, 1.82) is 0 Å². The van der Waals surface area contributed by atoms with Crippen molar-refractivity contribution >= 4 is 0 Å². The van der Waals surface area contributed by atoms with Gasteiger partial charge in [-0.1, -0.05) is 19.4 Å². The van der Waals surface area contributed by atoms with Crippen molar-refractivity contribution in [2.24, 2.45) is 5.73 Å². The molecule has 3 nitrogen and oxygen atoms in total. The Morgan fingerprint density at radius 1 is 1.47 bits per heavy atom. The third-order valence-electron chi connectivity index (χ3n) is 2.30. The minimum absolute atomic E-state index is 0.0393. The second-order valence-electron chi connectivity index (χ2n) is 3.90. The highest BCUT2D eigenvalue weighted by atomic mass is 16.5. The van der Waals surface area contributed by atoms with Gasteiger partial charge in [-0.2, -0.15) is 0 Å². The molecule has 1 aromatic heterocycles. The molecule has 15 heavy (non-hydrogen) atoms. The molecule has 0 aliphatic rings. The van der Waals surface area contributed by atoms with Crippen LogP contribution in [0.3, 0.4) is 0 Å². The second kappa shape index (κ2) is 5.71. The molecule has 0 saturated carbocycles. The molecule has 1 aromatic rings. The van der Waals surface area contributed by atoms with Gasteiger partial charge in [0.05, 0.1) is 6.10 Å². The van der Waals surface area contributed by atoms with Gasteiger partial charge in [-0.25, -0.2) is 4.98 Å². The van der Waals surface area contributed by atoms with Crippen molar-refractivity contribution in [2.45, 2.75) is 45.8 Å². The van der Waals surface area contributed by atoms with E-state index in [1.54, 1.807) is 6.20 Å². The summed E-state index contributed by atoms with van der Waals surface area (Å²) in [4.78, 5) is 4.22. The highest BCUT2D eigenvalue weighted by Gasteiger charge is 2.11. The Balaban J connectivity index is 2.75. The zero-order chi connectivity index (χ0) is 11.3. The van der Waals surface area contributed by atoms with Gasteiger partial charge in [0.1, 0.15) is 0 Å². The van der Waals surface area contributed by atoms with Gasteiger partial charge >= 0.3 is 0 Å². The van der Waals surface area contributed by atoms with Gasteiger partial charge in [-0.3, -0.25) is 0 Å². The van der Waals surface area contributed by atoms with Crippen molar-refractivity contribution in [1.82, 2.24) is 4.98 Å². The average Bonchev–Trinajstić information content (AvgIpc) is 2.18. The van der Waals surface area contributed by atoms with Crippen LogP contribution in [-0.4, -0.2) is 11.1 Å². The highest BCUT2D eigenvalue weighted by molar-refractivity contribution is 5.28. The first-order chi connectivity index (χ1) is 7.15. The molecule has 3 heteroatoms. The largest absolute Gasteiger partial charge is 0.474 e. The molecule has 0 aliphatic carbocycles. The number of hydrogen-bond acceptors (Lipinski definition) is 3. The van der Waals surface area contributed by atoms with Crippen LogP contribution in [0, 0.1) is 0 Å². The summed E-state index contributed by atoms with van der Waals surface area (Å²) in [6.07, 6.45) is 4.08. The van der Waals surface area contributed by atoms with E-state index in [1.807, 2.05) is 19.1 Å². The van der Waals surface area contributed by atoms with Gasteiger partial charge in [0.2, 0.25) is 5.88 Å². The zero-order valence-electron chi connectivity index (χ0n) is 9.73. The highest BCUT2D eigenvalue weighted by Crippen LogP contribution is 2.22. The fourth-order valence-corrected chi connectivity index (χ4v) is 1.50. The van der Waals surface area contributed by atoms with Crippen LogP contribution in [0.4, 0.5) is 0 Å². The van der Waals surface area contributed by atoms with Crippen LogP contribution in [0.1, 0.15) is 45.2 Å². The number of rotatable bonds is 5. The monoisotopic (exact) mass is 208 g/mol. The molecule has 2 N–H and O–H groups in total. The summed E-state index contributed by atoms with van der Waals surface area (Å²) in [6.45, 7) is 6.14. The maximum absolute atomic E-state index is 5.84. The normalized spacial score (nSPS) is 14.7. The minimum atomic E-state index is -0.0393. The number of pyridine rings is 1. The van der Waals surface area contributed by atoms with E-state index in [9.17, 15) is 0 Å².